The van der Waals surface area contributed by atoms with E-state index >= 15 is 0 Å². The average Bonchev–Trinajstić information content (AvgIpc) is 2.91. The molecule has 0 radical (unpaired) electrons. The third kappa shape index (κ3) is 2.86. The Morgan fingerprint density at radius 1 is 1.05 bits per heavy atom. The Balaban J connectivity index is 1.65. The molecule has 0 aromatic heterocycles. The van der Waals surface area contributed by atoms with Crippen LogP contribution in [0.5, 0.6) is 0 Å². The van der Waals surface area contributed by atoms with Crippen LogP contribution in [0.15, 0.2) is 54.6 Å². The predicted molar refractivity (Wildman–Crippen MR) is 76.7 cm³/mol. The Kier molecular flexibility index (Phi) is 3.62. The fourth-order valence-corrected chi connectivity index (χ4v) is 2.54. The molecule has 1 aliphatic heterocycles. The molecule has 0 amide bonds. The second-order valence-corrected chi connectivity index (χ2v) is 5.13. The number of hydrogen-bond acceptors (Lipinski definition) is 2. The molecule has 0 bridgehead atoms. The van der Waals surface area contributed by atoms with E-state index in [1.165, 1.54) is 16.7 Å². The van der Waals surface area contributed by atoms with Crippen molar-refractivity contribution >= 4 is 0 Å². The van der Waals surface area contributed by atoms with E-state index in [4.69, 9.17) is 4.74 Å². The van der Waals surface area contributed by atoms with E-state index in [1.54, 1.807) is 0 Å². The van der Waals surface area contributed by atoms with Crippen LogP contribution in [0.4, 0.5) is 0 Å². The van der Waals surface area contributed by atoms with Crippen molar-refractivity contribution in [2.24, 2.45) is 0 Å². The Morgan fingerprint density at radius 2 is 1.79 bits per heavy atom. The lowest BCUT2D eigenvalue weighted by Crippen LogP contribution is -2.20. The maximum Gasteiger partial charge on any atom is 0.100 e. The molecule has 0 saturated carbocycles. The van der Waals surface area contributed by atoms with E-state index in [-0.39, 0.29) is 6.10 Å². The number of rotatable bonds is 3. The number of aryl methyl sites for hydroxylation is 1. The van der Waals surface area contributed by atoms with Gasteiger partial charge in [-0.25, -0.2) is 0 Å². The Morgan fingerprint density at radius 3 is 2.58 bits per heavy atom. The minimum atomic E-state index is 0.213. The summed E-state index contributed by atoms with van der Waals surface area (Å²) in [5.74, 6) is 0. The van der Waals surface area contributed by atoms with Gasteiger partial charge in [-0.3, -0.25) is 4.90 Å². The summed E-state index contributed by atoms with van der Waals surface area (Å²) in [5, 5.41) is 0. The van der Waals surface area contributed by atoms with Crippen molar-refractivity contribution in [2.45, 2.75) is 19.6 Å². The van der Waals surface area contributed by atoms with Crippen LogP contribution in [-0.2, 0) is 11.3 Å². The highest BCUT2D eigenvalue weighted by Gasteiger charge is 2.24. The lowest BCUT2D eigenvalue weighted by atomic mass is 10.1. The van der Waals surface area contributed by atoms with Crippen molar-refractivity contribution in [2.75, 3.05) is 13.3 Å². The summed E-state index contributed by atoms with van der Waals surface area (Å²) >= 11 is 0. The van der Waals surface area contributed by atoms with E-state index in [9.17, 15) is 0 Å². The van der Waals surface area contributed by atoms with Gasteiger partial charge in [0.2, 0.25) is 0 Å². The average molecular weight is 253 g/mol. The monoisotopic (exact) mass is 253 g/mol. The van der Waals surface area contributed by atoms with Crippen molar-refractivity contribution in [3.63, 3.8) is 0 Å². The standard InChI is InChI=1S/C17H19NO/c1-14-7-5-6-10-16(14)11-18-12-17(19-13-18)15-8-3-2-4-9-15/h2-10,17H,11-13H2,1H3. The first-order valence-electron chi connectivity index (χ1n) is 6.76. The first kappa shape index (κ1) is 12.4. The third-order valence-corrected chi connectivity index (χ3v) is 3.71. The van der Waals surface area contributed by atoms with Crippen LogP contribution in [0.1, 0.15) is 22.8 Å². The Bertz CT molecular complexity index is 538. The summed E-state index contributed by atoms with van der Waals surface area (Å²) in [6.45, 7) is 4.82. The highest BCUT2D eigenvalue weighted by molar-refractivity contribution is 5.25. The van der Waals surface area contributed by atoms with Crippen LogP contribution in [-0.4, -0.2) is 18.2 Å². The van der Waals surface area contributed by atoms with E-state index in [0.717, 1.165) is 13.1 Å². The van der Waals surface area contributed by atoms with E-state index in [2.05, 4.69) is 60.4 Å². The van der Waals surface area contributed by atoms with Gasteiger partial charge in [-0.1, -0.05) is 54.6 Å². The minimum absolute atomic E-state index is 0.213. The Hall–Kier alpha value is -1.64. The molecule has 19 heavy (non-hydrogen) atoms. The van der Waals surface area contributed by atoms with Gasteiger partial charge < -0.3 is 4.74 Å². The fourth-order valence-electron chi connectivity index (χ4n) is 2.54. The van der Waals surface area contributed by atoms with Crippen molar-refractivity contribution < 1.29 is 4.74 Å². The van der Waals surface area contributed by atoms with Crippen molar-refractivity contribution in [1.82, 2.24) is 4.90 Å². The topological polar surface area (TPSA) is 12.5 Å². The zero-order valence-corrected chi connectivity index (χ0v) is 11.3. The van der Waals surface area contributed by atoms with Crippen LogP contribution >= 0.6 is 0 Å². The van der Waals surface area contributed by atoms with Crippen LogP contribution in [0.2, 0.25) is 0 Å². The van der Waals surface area contributed by atoms with Gasteiger partial charge in [-0.15, -0.1) is 0 Å². The molecule has 0 N–H and O–H groups in total. The molecule has 2 nitrogen and oxygen atoms in total. The normalized spacial score (nSPS) is 19.7. The van der Waals surface area contributed by atoms with Gasteiger partial charge in [0.15, 0.2) is 0 Å². The molecular formula is C17H19NO. The lowest BCUT2D eigenvalue weighted by molar-refractivity contribution is 0.0880. The molecule has 2 heteroatoms. The quantitative estimate of drug-likeness (QED) is 0.829. The maximum atomic E-state index is 5.89. The van der Waals surface area contributed by atoms with Gasteiger partial charge in [0.1, 0.15) is 6.73 Å². The van der Waals surface area contributed by atoms with Gasteiger partial charge in [0, 0.05) is 13.1 Å². The molecule has 1 unspecified atom stereocenters. The summed E-state index contributed by atoms with van der Waals surface area (Å²) < 4.78 is 5.89. The predicted octanol–water partition coefficient (Wildman–Crippen LogP) is 3.53. The van der Waals surface area contributed by atoms with Gasteiger partial charge in [-0.2, -0.15) is 0 Å². The van der Waals surface area contributed by atoms with Crippen LogP contribution in [0.3, 0.4) is 0 Å². The molecule has 0 spiro atoms. The zero-order valence-electron chi connectivity index (χ0n) is 11.3. The van der Waals surface area contributed by atoms with Gasteiger partial charge in [-0.05, 0) is 23.6 Å². The fraction of sp³-hybridized carbons (Fsp3) is 0.294. The molecule has 0 aliphatic carbocycles. The minimum Gasteiger partial charge on any atom is -0.357 e. The molecular weight excluding hydrogens is 234 g/mol. The van der Waals surface area contributed by atoms with Crippen molar-refractivity contribution in [1.29, 1.82) is 0 Å². The van der Waals surface area contributed by atoms with Crippen molar-refractivity contribution in [3.05, 3.63) is 71.3 Å². The first-order chi connectivity index (χ1) is 9.33. The van der Waals surface area contributed by atoms with E-state index in [0.29, 0.717) is 6.73 Å². The molecule has 1 saturated heterocycles. The molecule has 1 atom stereocenters. The lowest BCUT2D eigenvalue weighted by Gasteiger charge is -2.15. The van der Waals surface area contributed by atoms with Crippen molar-refractivity contribution in [3.8, 4) is 0 Å². The largest absolute Gasteiger partial charge is 0.357 e. The smallest absolute Gasteiger partial charge is 0.100 e. The van der Waals surface area contributed by atoms with Gasteiger partial charge in [0.25, 0.3) is 0 Å². The summed E-state index contributed by atoms with van der Waals surface area (Å²) in [5.41, 5.74) is 4.01. The SMILES string of the molecule is Cc1ccccc1CN1COC(c2ccccc2)C1. The van der Waals surface area contributed by atoms with Gasteiger partial charge >= 0.3 is 0 Å². The molecule has 98 valence electrons. The highest BCUT2D eigenvalue weighted by atomic mass is 16.5. The molecule has 1 heterocycles. The van der Waals surface area contributed by atoms with E-state index in [1.807, 2.05) is 6.07 Å². The summed E-state index contributed by atoms with van der Waals surface area (Å²) in [7, 11) is 0. The third-order valence-electron chi connectivity index (χ3n) is 3.71. The number of hydrogen-bond donors (Lipinski definition) is 0. The molecule has 3 rings (SSSR count). The van der Waals surface area contributed by atoms with Crippen LogP contribution in [0.25, 0.3) is 0 Å². The number of benzene rings is 2. The molecule has 1 aliphatic rings. The van der Waals surface area contributed by atoms with Crippen LogP contribution in [0, 0.1) is 6.92 Å². The summed E-state index contributed by atoms with van der Waals surface area (Å²) in [4.78, 5) is 2.36. The maximum absolute atomic E-state index is 5.89. The highest BCUT2D eigenvalue weighted by Crippen LogP contribution is 2.25. The first-order valence-corrected chi connectivity index (χ1v) is 6.76. The summed E-state index contributed by atoms with van der Waals surface area (Å²) in [6.07, 6.45) is 0.213. The molecule has 1 fully saturated rings. The number of ether oxygens (including phenoxy) is 1. The second-order valence-electron chi connectivity index (χ2n) is 5.13. The summed E-state index contributed by atoms with van der Waals surface area (Å²) in [6, 6.07) is 19.0. The van der Waals surface area contributed by atoms with Gasteiger partial charge in [0.05, 0.1) is 6.10 Å². The molecule has 2 aromatic carbocycles. The van der Waals surface area contributed by atoms with E-state index < -0.39 is 0 Å². The molecule has 2 aromatic rings. The second kappa shape index (κ2) is 5.55. The number of nitrogens with zero attached hydrogens (tertiary/aromatic N) is 1. The Labute approximate surface area is 114 Å². The van der Waals surface area contributed by atoms with Crippen LogP contribution < -0.4 is 0 Å². The zero-order chi connectivity index (χ0) is 13.1.